The fourth-order valence-corrected chi connectivity index (χ4v) is 4.77. The molecule has 0 bridgehead atoms. The van der Waals surface area contributed by atoms with Crippen molar-refractivity contribution in [3.05, 3.63) is 138 Å². The topological polar surface area (TPSA) is 80.8 Å². The number of amides is 2. The lowest BCUT2D eigenvalue weighted by Crippen LogP contribution is -2.29. The first-order chi connectivity index (χ1) is 19.0. The first-order valence-electron chi connectivity index (χ1n) is 12.4. The summed E-state index contributed by atoms with van der Waals surface area (Å²) in [5.41, 5.74) is 3.31. The Bertz CT molecular complexity index is 1770. The van der Waals surface area contributed by atoms with Crippen molar-refractivity contribution in [2.45, 2.75) is 0 Å². The molecule has 5 aromatic rings. The quantitative estimate of drug-likeness (QED) is 0.151. The number of esters is 1. The van der Waals surface area contributed by atoms with Crippen LogP contribution in [0, 0.1) is 0 Å². The number of benzene rings is 5. The highest BCUT2D eigenvalue weighted by Gasteiger charge is 2.38. The van der Waals surface area contributed by atoms with Crippen molar-refractivity contribution in [3.63, 3.8) is 0 Å². The van der Waals surface area contributed by atoms with Crippen molar-refractivity contribution in [2.75, 3.05) is 11.5 Å². The smallest absolute Gasteiger partial charge is 0.338 e. The molecule has 1 aliphatic heterocycles. The zero-order chi connectivity index (χ0) is 26.9. The van der Waals surface area contributed by atoms with Crippen molar-refractivity contribution >= 4 is 40.0 Å². The van der Waals surface area contributed by atoms with Crippen LogP contribution in [0.4, 0.5) is 5.69 Å². The van der Waals surface area contributed by atoms with Crippen molar-refractivity contribution < 1.29 is 23.9 Å². The molecule has 0 spiro atoms. The van der Waals surface area contributed by atoms with E-state index in [1.54, 1.807) is 24.3 Å². The van der Waals surface area contributed by atoms with E-state index in [0.717, 1.165) is 26.8 Å². The lowest BCUT2D eigenvalue weighted by Gasteiger charge is -2.16. The maximum absolute atomic E-state index is 13.3. The monoisotopic (exact) mass is 511 g/mol. The summed E-state index contributed by atoms with van der Waals surface area (Å²) in [6, 6.07) is 34.0. The van der Waals surface area contributed by atoms with Gasteiger partial charge in [-0.3, -0.25) is 14.4 Å². The number of nitrogens with zero attached hydrogens (tertiary/aromatic N) is 1. The minimum atomic E-state index is -0.754. The van der Waals surface area contributed by atoms with Gasteiger partial charge >= 0.3 is 5.97 Å². The zero-order valence-corrected chi connectivity index (χ0v) is 20.7. The second-order valence-electron chi connectivity index (χ2n) is 9.15. The van der Waals surface area contributed by atoms with Crippen LogP contribution in [-0.2, 0) is 4.74 Å². The van der Waals surface area contributed by atoms with E-state index in [9.17, 15) is 19.2 Å². The lowest BCUT2D eigenvalue weighted by molar-refractivity contribution is 0.0474. The summed E-state index contributed by atoms with van der Waals surface area (Å²) in [6.45, 7) is -0.449. The summed E-state index contributed by atoms with van der Waals surface area (Å²) < 4.78 is 5.25. The number of fused-ring (bicyclic) bond motifs is 2. The third kappa shape index (κ3) is 4.38. The van der Waals surface area contributed by atoms with E-state index in [2.05, 4.69) is 0 Å². The molecule has 188 valence electrons. The number of hydrogen-bond donors (Lipinski definition) is 0. The van der Waals surface area contributed by atoms with Gasteiger partial charge in [-0.1, -0.05) is 91.0 Å². The molecule has 0 fully saturated rings. The minimum Gasteiger partial charge on any atom is -0.454 e. The molecule has 6 nitrogen and oxygen atoms in total. The molecule has 0 saturated heterocycles. The van der Waals surface area contributed by atoms with Gasteiger partial charge in [-0.15, -0.1) is 0 Å². The second-order valence-corrected chi connectivity index (χ2v) is 9.15. The van der Waals surface area contributed by atoms with Crippen LogP contribution in [0.5, 0.6) is 0 Å². The molecule has 0 aromatic heterocycles. The van der Waals surface area contributed by atoms with E-state index in [4.69, 9.17) is 4.74 Å². The van der Waals surface area contributed by atoms with Crippen molar-refractivity contribution in [2.24, 2.45) is 0 Å². The average molecular weight is 512 g/mol. The van der Waals surface area contributed by atoms with E-state index >= 15 is 0 Å². The zero-order valence-electron chi connectivity index (χ0n) is 20.7. The molecular weight excluding hydrogens is 490 g/mol. The highest BCUT2D eigenvalue weighted by molar-refractivity contribution is 6.36. The van der Waals surface area contributed by atoms with Gasteiger partial charge in [-0.2, -0.15) is 0 Å². The molecule has 1 heterocycles. The largest absolute Gasteiger partial charge is 0.454 e. The molecule has 0 unspecified atom stereocenters. The molecule has 0 aliphatic carbocycles. The Morgan fingerprint density at radius 2 is 1.26 bits per heavy atom. The van der Waals surface area contributed by atoms with E-state index < -0.39 is 24.4 Å². The summed E-state index contributed by atoms with van der Waals surface area (Å²) in [4.78, 5) is 53.0. The highest BCUT2D eigenvalue weighted by atomic mass is 16.5. The summed E-state index contributed by atoms with van der Waals surface area (Å²) in [6.07, 6.45) is 0. The molecular formula is C33H21NO5. The standard InChI is InChI=1S/C33H21NO5/c35-30(24-15-13-22(14-16-24)21-7-2-1-3-8-21)20-39-33(38)25-17-18-27-28(19-25)32(37)34(31(27)36)29-12-6-10-23-9-4-5-11-26(23)29/h1-19H,20H2. The molecule has 0 radical (unpaired) electrons. The second kappa shape index (κ2) is 9.84. The molecule has 6 rings (SSSR count). The Labute approximate surface area is 224 Å². The van der Waals surface area contributed by atoms with Crippen molar-refractivity contribution in [1.29, 1.82) is 0 Å². The van der Waals surface area contributed by atoms with Gasteiger partial charge < -0.3 is 4.74 Å². The number of imide groups is 1. The van der Waals surface area contributed by atoms with Crippen LogP contribution < -0.4 is 4.90 Å². The molecule has 0 atom stereocenters. The molecule has 0 N–H and O–H groups in total. The van der Waals surface area contributed by atoms with Crippen molar-refractivity contribution in [3.8, 4) is 11.1 Å². The lowest BCUT2D eigenvalue weighted by atomic mass is 10.0. The first-order valence-corrected chi connectivity index (χ1v) is 12.4. The van der Waals surface area contributed by atoms with Crippen LogP contribution in [0.3, 0.4) is 0 Å². The number of hydrogen-bond acceptors (Lipinski definition) is 5. The van der Waals surface area contributed by atoms with E-state index in [0.29, 0.717) is 11.3 Å². The third-order valence-electron chi connectivity index (χ3n) is 6.78. The predicted octanol–water partition coefficient (Wildman–Crippen LogP) is 6.35. The summed E-state index contributed by atoms with van der Waals surface area (Å²) in [5.74, 6) is -2.08. The van der Waals surface area contributed by atoms with Gasteiger partial charge in [0.1, 0.15) is 0 Å². The molecule has 39 heavy (non-hydrogen) atoms. The maximum atomic E-state index is 13.3. The molecule has 0 saturated carbocycles. The Balaban J connectivity index is 1.17. The third-order valence-corrected chi connectivity index (χ3v) is 6.78. The summed E-state index contributed by atoms with van der Waals surface area (Å²) >= 11 is 0. The normalized spacial score (nSPS) is 12.5. The number of carbonyl (C=O) groups is 4. The van der Waals surface area contributed by atoms with Gasteiger partial charge in [0.25, 0.3) is 11.8 Å². The molecule has 2 amide bonds. The average Bonchev–Trinajstić information content (AvgIpc) is 3.24. The van der Waals surface area contributed by atoms with Crippen molar-refractivity contribution in [1.82, 2.24) is 0 Å². The number of carbonyl (C=O) groups excluding carboxylic acids is 4. The maximum Gasteiger partial charge on any atom is 0.338 e. The van der Waals surface area contributed by atoms with E-state index in [1.807, 2.05) is 72.8 Å². The Morgan fingerprint density at radius 1 is 0.615 bits per heavy atom. The van der Waals surface area contributed by atoms with E-state index in [1.165, 1.54) is 18.2 Å². The number of ketones is 1. The van der Waals surface area contributed by atoms with E-state index in [-0.39, 0.29) is 22.5 Å². The van der Waals surface area contributed by atoms with Gasteiger partial charge in [0.15, 0.2) is 12.4 Å². The van der Waals surface area contributed by atoms with Crippen LogP contribution in [0.2, 0.25) is 0 Å². The molecule has 6 heteroatoms. The Morgan fingerprint density at radius 3 is 2.05 bits per heavy atom. The minimum absolute atomic E-state index is 0.0851. The number of ether oxygens (including phenoxy) is 1. The summed E-state index contributed by atoms with van der Waals surface area (Å²) in [7, 11) is 0. The van der Waals surface area contributed by atoms with Crippen LogP contribution in [0.15, 0.2) is 115 Å². The van der Waals surface area contributed by atoms with Crippen LogP contribution in [-0.4, -0.2) is 30.2 Å². The van der Waals surface area contributed by atoms with Gasteiger partial charge in [0.2, 0.25) is 0 Å². The molecule has 1 aliphatic rings. The van der Waals surface area contributed by atoms with Crippen LogP contribution in [0.25, 0.3) is 21.9 Å². The highest BCUT2D eigenvalue weighted by Crippen LogP contribution is 2.34. The van der Waals surface area contributed by atoms with Gasteiger partial charge in [0, 0.05) is 10.9 Å². The SMILES string of the molecule is O=C(COC(=O)c1ccc2c(c1)C(=O)N(c1cccc3ccccc13)C2=O)c1ccc(-c2ccccc2)cc1. The van der Waals surface area contributed by atoms with Gasteiger partial charge in [-0.05, 0) is 40.8 Å². The molecule has 5 aromatic carbocycles. The van der Waals surface area contributed by atoms with Gasteiger partial charge in [-0.25, -0.2) is 9.69 Å². The Hall–Kier alpha value is -5.36. The fourth-order valence-electron chi connectivity index (χ4n) is 4.77. The van der Waals surface area contributed by atoms with Gasteiger partial charge in [0.05, 0.1) is 22.4 Å². The summed E-state index contributed by atoms with van der Waals surface area (Å²) in [5, 5.41) is 1.67. The number of rotatable bonds is 6. The first kappa shape index (κ1) is 24.0. The van der Waals surface area contributed by atoms with Crippen LogP contribution >= 0.6 is 0 Å². The number of anilines is 1. The fraction of sp³-hybridized carbons (Fsp3) is 0.0303. The Kier molecular flexibility index (Phi) is 6.05. The van der Waals surface area contributed by atoms with Crippen LogP contribution in [0.1, 0.15) is 41.4 Å². The number of Topliss-reactive ketones (excluding diaryl/α,β-unsaturated/α-hetero) is 1. The predicted molar refractivity (Wildman–Crippen MR) is 148 cm³/mol.